The Morgan fingerprint density at radius 1 is 1.31 bits per heavy atom. The Kier molecular flexibility index (Phi) is 3.29. The summed E-state index contributed by atoms with van der Waals surface area (Å²) in [6.07, 6.45) is 6.85. The van der Waals surface area contributed by atoms with Gasteiger partial charge in [-0.3, -0.25) is 9.67 Å². The van der Waals surface area contributed by atoms with Crippen LogP contribution in [-0.4, -0.2) is 26.3 Å². The summed E-state index contributed by atoms with van der Waals surface area (Å²) in [5.41, 5.74) is 2.44. The molecule has 7 heteroatoms. The number of hydrogen-bond donors (Lipinski definition) is 3. The lowest BCUT2D eigenvalue weighted by molar-refractivity contribution is 0.637. The van der Waals surface area contributed by atoms with Crippen molar-refractivity contribution in [3.05, 3.63) is 30.9 Å². The van der Waals surface area contributed by atoms with Crippen molar-refractivity contribution in [3.63, 3.8) is 0 Å². The van der Waals surface area contributed by atoms with Gasteiger partial charge in [-0.25, -0.2) is 10.8 Å². The van der Waals surface area contributed by atoms with E-state index in [1.807, 2.05) is 16.9 Å². The molecule has 0 aromatic carbocycles. The number of nitrogen functional groups attached to an aromatic ring is 1. The Balaban J connectivity index is 1.85. The van der Waals surface area contributed by atoms with Gasteiger partial charge in [-0.15, -0.1) is 0 Å². The van der Waals surface area contributed by atoms with Gasteiger partial charge in [0.15, 0.2) is 5.82 Å². The predicted octanol–water partition coefficient (Wildman–Crippen LogP) is 0.0708. The van der Waals surface area contributed by atoms with E-state index >= 15 is 0 Å². The average molecular weight is 219 g/mol. The van der Waals surface area contributed by atoms with E-state index in [1.54, 1.807) is 18.6 Å². The zero-order valence-electron chi connectivity index (χ0n) is 8.67. The van der Waals surface area contributed by atoms with Crippen LogP contribution in [0, 0.1) is 0 Å². The van der Waals surface area contributed by atoms with Crippen LogP contribution in [0.1, 0.15) is 0 Å². The van der Waals surface area contributed by atoms with Crippen molar-refractivity contribution in [2.45, 2.75) is 6.54 Å². The lowest BCUT2D eigenvalue weighted by atomic mass is 10.5. The fraction of sp³-hybridized carbons (Fsp3) is 0.222. The Bertz CT molecular complexity index is 425. The van der Waals surface area contributed by atoms with Gasteiger partial charge < -0.3 is 10.7 Å². The highest BCUT2D eigenvalue weighted by molar-refractivity contribution is 5.40. The summed E-state index contributed by atoms with van der Waals surface area (Å²) in [6.45, 7) is 1.50. The van der Waals surface area contributed by atoms with Crippen molar-refractivity contribution >= 4 is 11.6 Å². The number of nitrogens with zero attached hydrogens (tertiary/aromatic N) is 4. The molecule has 0 spiro atoms. The number of nitrogens with one attached hydrogen (secondary N) is 2. The number of hydrazine groups is 1. The van der Waals surface area contributed by atoms with Crippen LogP contribution in [-0.2, 0) is 6.54 Å². The molecule has 0 aliphatic rings. The van der Waals surface area contributed by atoms with Crippen molar-refractivity contribution in [1.29, 1.82) is 0 Å². The van der Waals surface area contributed by atoms with E-state index in [2.05, 4.69) is 25.8 Å². The maximum Gasteiger partial charge on any atom is 0.160 e. The number of aromatic nitrogens is 4. The normalized spacial score (nSPS) is 10.1. The minimum atomic E-state index is 0.532. The summed E-state index contributed by atoms with van der Waals surface area (Å²) in [7, 11) is 0. The Morgan fingerprint density at radius 2 is 2.19 bits per heavy atom. The van der Waals surface area contributed by atoms with Crippen molar-refractivity contribution in [2.24, 2.45) is 5.84 Å². The van der Waals surface area contributed by atoms with Gasteiger partial charge in [0.1, 0.15) is 5.82 Å². The van der Waals surface area contributed by atoms with Crippen LogP contribution in [0.2, 0.25) is 0 Å². The van der Waals surface area contributed by atoms with Gasteiger partial charge in [0.2, 0.25) is 0 Å². The molecule has 0 unspecified atom stereocenters. The molecule has 0 atom stereocenters. The van der Waals surface area contributed by atoms with Gasteiger partial charge in [0.05, 0.1) is 18.9 Å². The molecule has 2 aromatic heterocycles. The third-order valence-electron chi connectivity index (χ3n) is 1.99. The first-order chi connectivity index (χ1) is 7.88. The molecule has 0 fully saturated rings. The molecule has 84 valence electrons. The van der Waals surface area contributed by atoms with Gasteiger partial charge in [-0.1, -0.05) is 0 Å². The fourth-order valence-electron chi connectivity index (χ4n) is 1.25. The fourth-order valence-corrected chi connectivity index (χ4v) is 1.25. The SMILES string of the molecule is NNc1cncc(NCCn2cccn2)n1. The second-order valence-corrected chi connectivity index (χ2v) is 3.13. The third kappa shape index (κ3) is 2.67. The number of nitrogens with two attached hydrogens (primary N) is 1. The minimum absolute atomic E-state index is 0.532. The number of anilines is 2. The molecular weight excluding hydrogens is 206 g/mol. The summed E-state index contributed by atoms with van der Waals surface area (Å²) in [5.74, 6) is 6.44. The molecule has 2 heterocycles. The monoisotopic (exact) mass is 219 g/mol. The molecular formula is C9H13N7. The molecule has 4 N–H and O–H groups in total. The van der Waals surface area contributed by atoms with Crippen LogP contribution in [0.25, 0.3) is 0 Å². The molecule has 0 aliphatic carbocycles. The zero-order chi connectivity index (χ0) is 11.2. The average Bonchev–Trinajstić information content (AvgIpc) is 2.82. The molecule has 0 saturated carbocycles. The number of rotatable bonds is 5. The maximum absolute atomic E-state index is 5.23. The summed E-state index contributed by atoms with van der Waals surface area (Å²) < 4.78 is 1.84. The lowest BCUT2D eigenvalue weighted by Gasteiger charge is -2.06. The highest BCUT2D eigenvalue weighted by Crippen LogP contribution is 2.04. The molecule has 0 bridgehead atoms. The predicted molar refractivity (Wildman–Crippen MR) is 60.6 cm³/mol. The highest BCUT2D eigenvalue weighted by atomic mass is 15.3. The minimum Gasteiger partial charge on any atom is -0.367 e. The van der Waals surface area contributed by atoms with E-state index < -0.39 is 0 Å². The van der Waals surface area contributed by atoms with E-state index in [0.29, 0.717) is 11.6 Å². The third-order valence-corrected chi connectivity index (χ3v) is 1.99. The molecule has 0 saturated heterocycles. The first-order valence-corrected chi connectivity index (χ1v) is 4.88. The second-order valence-electron chi connectivity index (χ2n) is 3.13. The topological polar surface area (TPSA) is 93.7 Å². The van der Waals surface area contributed by atoms with Crippen LogP contribution in [0.3, 0.4) is 0 Å². The quantitative estimate of drug-likeness (QED) is 0.486. The summed E-state index contributed by atoms with van der Waals surface area (Å²) in [4.78, 5) is 8.15. The smallest absolute Gasteiger partial charge is 0.160 e. The lowest BCUT2D eigenvalue weighted by Crippen LogP contribution is -2.13. The van der Waals surface area contributed by atoms with Crippen LogP contribution in [0.5, 0.6) is 0 Å². The van der Waals surface area contributed by atoms with Crippen LogP contribution < -0.4 is 16.6 Å². The van der Waals surface area contributed by atoms with Crippen LogP contribution in [0.15, 0.2) is 30.9 Å². The van der Waals surface area contributed by atoms with E-state index in [4.69, 9.17) is 5.84 Å². The molecule has 0 amide bonds. The van der Waals surface area contributed by atoms with E-state index in [1.165, 1.54) is 0 Å². The van der Waals surface area contributed by atoms with E-state index in [9.17, 15) is 0 Å². The van der Waals surface area contributed by atoms with Gasteiger partial charge in [-0.05, 0) is 6.07 Å². The van der Waals surface area contributed by atoms with Gasteiger partial charge in [-0.2, -0.15) is 5.10 Å². The highest BCUT2D eigenvalue weighted by Gasteiger charge is 1.96. The van der Waals surface area contributed by atoms with Crippen molar-refractivity contribution in [1.82, 2.24) is 19.7 Å². The van der Waals surface area contributed by atoms with Crippen molar-refractivity contribution in [2.75, 3.05) is 17.3 Å². The zero-order valence-corrected chi connectivity index (χ0v) is 8.67. The first-order valence-electron chi connectivity index (χ1n) is 4.88. The first kappa shape index (κ1) is 10.4. The summed E-state index contributed by atoms with van der Waals surface area (Å²) in [5, 5.41) is 7.22. The standard InChI is InChI=1S/C9H13N7/c10-15-9-7-11-6-8(14-9)12-3-5-16-4-1-2-13-16/h1-2,4,6-7H,3,5,10H2,(H2,12,14,15). The second kappa shape index (κ2) is 5.08. The molecule has 2 aromatic rings. The molecule has 0 radical (unpaired) electrons. The van der Waals surface area contributed by atoms with Crippen LogP contribution in [0.4, 0.5) is 11.6 Å². The largest absolute Gasteiger partial charge is 0.367 e. The van der Waals surface area contributed by atoms with Gasteiger partial charge >= 0.3 is 0 Å². The molecule has 2 rings (SSSR count). The Labute approximate surface area is 92.7 Å². The number of hydrogen-bond acceptors (Lipinski definition) is 6. The van der Waals surface area contributed by atoms with Gasteiger partial charge in [0, 0.05) is 18.9 Å². The van der Waals surface area contributed by atoms with Crippen LogP contribution >= 0.6 is 0 Å². The Morgan fingerprint density at radius 3 is 2.94 bits per heavy atom. The van der Waals surface area contributed by atoms with E-state index in [0.717, 1.165) is 13.1 Å². The summed E-state index contributed by atoms with van der Waals surface area (Å²) >= 11 is 0. The van der Waals surface area contributed by atoms with Crippen molar-refractivity contribution in [3.8, 4) is 0 Å². The molecule has 0 aliphatic heterocycles. The summed E-state index contributed by atoms with van der Waals surface area (Å²) in [6, 6.07) is 1.89. The van der Waals surface area contributed by atoms with Gasteiger partial charge in [0.25, 0.3) is 0 Å². The van der Waals surface area contributed by atoms with Crippen molar-refractivity contribution < 1.29 is 0 Å². The molecule has 7 nitrogen and oxygen atoms in total. The Hall–Kier alpha value is -2.15. The maximum atomic E-state index is 5.23. The molecule has 16 heavy (non-hydrogen) atoms. The van der Waals surface area contributed by atoms with E-state index in [-0.39, 0.29) is 0 Å².